The largest absolute Gasteiger partial charge is 0.261 e. The molecule has 0 spiro atoms. The summed E-state index contributed by atoms with van der Waals surface area (Å²) in [6.45, 7) is 1.99. The molecule has 0 aromatic carbocycles. The van der Waals surface area contributed by atoms with Gasteiger partial charge in [0.25, 0.3) is 0 Å². The standard InChI is InChI=1S/C12H10FN5/c1-2-10-12-15-3-4-18(12)17-11(16-10)8-5-9(13)7-14-6-8/h3-7H,2H2,1H3. The average Bonchev–Trinajstić information content (AvgIpc) is 2.85. The van der Waals surface area contributed by atoms with Crippen molar-refractivity contribution in [2.75, 3.05) is 0 Å². The van der Waals surface area contributed by atoms with Crippen molar-refractivity contribution < 1.29 is 4.39 Å². The second-order valence-electron chi connectivity index (χ2n) is 3.82. The number of imidazole rings is 1. The topological polar surface area (TPSA) is 56.0 Å². The molecule has 0 bridgehead atoms. The molecule has 6 heteroatoms. The van der Waals surface area contributed by atoms with Crippen LogP contribution in [0.5, 0.6) is 0 Å². The van der Waals surface area contributed by atoms with Crippen LogP contribution in [0.4, 0.5) is 4.39 Å². The smallest absolute Gasteiger partial charge is 0.182 e. The van der Waals surface area contributed by atoms with E-state index in [0.717, 1.165) is 24.0 Å². The molecule has 0 unspecified atom stereocenters. The highest BCUT2D eigenvalue weighted by Gasteiger charge is 2.09. The number of hydrogen-bond donors (Lipinski definition) is 0. The molecule has 18 heavy (non-hydrogen) atoms. The van der Waals surface area contributed by atoms with E-state index in [1.807, 2.05) is 6.92 Å². The molecule has 3 rings (SSSR count). The third-order valence-corrected chi connectivity index (χ3v) is 2.62. The average molecular weight is 243 g/mol. The second-order valence-corrected chi connectivity index (χ2v) is 3.82. The summed E-state index contributed by atoms with van der Waals surface area (Å²) in [4.78, 5) is 12.4. The Morgan fingerprint density at radius 2 is 2.22 bits per heavy atom. The molecule has 0 N–H and O–H groups in total. The Morgan fingerprint density at radius 1 is 1.33 bits per heavy atom. The zero-order valence-electron chi connectivity index (χ0n) is 9.71. The van der Waals surface area contributed by atoms with E-state index in [1.54, 1.807) is 23.1 Å². The highest BCUT2D eigenvalue weighted by Crippen LogP contribution is 2.16. The first-order valence-electron chi connectivity index (χ1n) is 5.59. The third kappa shape index (κ3) is 1.71. The van der Waals surface area contributed by atoms with Crippen LogP contribution in [0, 0.1) is 5.82 Å². The molecule has 0 fully saturated rings. The zero-order valence-corrected chi connectivity index (χ0v) is 9.71. The Labute approximate surface area is 102 Å². The molecule has 0 aliphatic rings. The maximum absolute atomic E-state index is 13.2. The van der Waals surface area contributed by atoms with Crippen molar-refractivity contribution in [2.45, 2.75) is 13.3 Å². The van der Waals surface area contributed by atoms with Crippen LogP contribution in [0.15, 0.2) is 30.9 Å². The summed E-state index contributed by atoms with van der Waals surface area (Å²) < 4.78 is 14.8. The molecule has 0 saturated heterocycles. The number of pyridine rings is 1. The van der Waals surface area contributed by atoms with Gasteiger partial charge in [-0.15, -0.1) is 5.10 Å². The van der Waals surface area contributed by atoms with Gasteiger partial charge in [-0.1, -0.05) is 6.92 Å². The Hall–Kier alpha value is -2.37. The predicted molar refractivity (Wildman–Crippen MR) is 63.3 cm³/mol. The van der Waals surface area contributed by atoms with Crippen molar-refractivity contribution in [2.24, 2.45) is 0 Å². The predicted octanol–water partition coefficient (Wildman–Crippen LogP) is 1.89. The fourth-order valence-corrected chi connectivity index (χ4v) is 1.78. The molecule has 3 aromatic rings. The van der Waals surface area contributed by atoms with Gasteiger partial charge in [0.1, 0.15) is 5.82 Å². The maximum atomic E-state index is 13.2. The van der Waals surface area contributed by atoms with Gasteiger partial charge in [-0.05, 0) is 12.5 Å². The maximum Gasteiger partial charge on any atom is 0.182 e. The van der Waals surface area contributed by atoms with Crippen LogP contribution in [-0.2, 0) is 6.42 Å². The van der Waals surface area contributed by atoms with E-state index in [9.17, 15) is 4.39 Å². The first-order valence-corrected chi connectivity index (χ1v) is 5.59. The van der Waals surface area contributed by atoms with Gasteiger partial charge in [-0.2, -0.15) is 0 Å². The monoisotopic (exact) mass is 243 g/mol. The zero-order chi connectivity index (χ0) is 12.5. The molecular weight excluding hydrogens is 233 g/mol. The molecule has 0 saturated carbocycles. The first kappa shape index (κ1) is 10.8. The Kier molecular flexibility index (Phi) is 2.47. The van der Waals surface area contributed by atoms with Gasteiger partial charge in [0.15, 0.2) is 11.5 Å². The van der Waals surface area contributed by atoms with Crippen LogP contribution in [0.1, 0.15) is 12.6 Å². The molecular formula is C12H10FN5. The summed E-state index contributed by atoms with van der Waals surface area (Å²) in [5.41, 5.74) is 2.11. The minimum atomic E-state index is -0.403. The number of halogens is 1. The van der Waals surface area contributed by atoms with Crippen LogP contribution < -0.4 is 0 Å². The Morgan fingerprint density at radius 3 is 3.00 bits per heavy atom. The van der Waals surface area contributed by atoms with E-state index in [1.165, 1.54) is 6.07 Å². The van der Waals surface area contributed by atoms with Crippen molar-refractivity contribution in [3.63, 3.8) is 0 Å². The summed E-state index contributed by atoms with van der Waals surface area (Å²) in [5.74, 6) is 0.0456. The van der Waals surface area contributed by atoms with Gasteiger partial charge in [0.2, 0.25) is 0 Å². The second kappa shape index (κ2) is 4.14. The number of aryl methyl sites for hydroxylation is 1. The van der Waals surface area contributed by atoms with Crippen LogP contribution in [0.3, 0.4) is 0 Å². The minimum Gasteiger partial charge on any atom is -0.261 e. The van der Waals surface area contributed by atoms with Crippen molar-refractivity contribution in [3.05, 3.63) is 42.4 Å². The van der Waals surface area contributed by atoms with Gasteiger partial charge in [0, 0.05) is 24.2 Å². The number of rotatable bonds is 2. The molecule has 0 aliphatic carbocycles. The van der Waals surface area contributed by atoms with E-state index in [0.29, 0.717) is 11.4 Å². The van der Waals surface area contributed by atoms with E-state index in [-0.39, 0.29) is 0 Å². The lowest BCUT2D eigenvalue weighted by molar-refractivity contribution is 0.621. The first-order chi connectivity index (χ1) is 8.78. The third-order valence-electron chi connectivity index (χ3n) is 2.62. The summed E-state index contributed by atoms with van der Waals surface area (Å²) in [6, 6.07) is 1.37. The highest BCUT2D eigenvalue weighted by molar-refractivity contribution is 5.55. The summed E-state index contributed by atoms with van der Waals surface area (Å²) >= 11 is 0. The van der Waals surface area contributed by atoms with Crippen LogP contribution in [0.25, 0.3) is 17.0 Å². The fraction of sp³-hybridized carbons (Fsp3) is 0.167. The quantitative estimate of drug-likeness (QED) is 0.689. The highest BCUT2D eigenvalue weighted by atomic mass is 19.1. The lowest BCUT2D eigenvalue weighted by Crippen LogP contribution is -2.03. The van der Waals surface area contributed by atoms with E-state index < -0.39 is 5.82 Å². The lowest BCUT2D eigenvalue weighted by Gasteiger charge is -2.04. The molecule has 3 heterocycles. The van der Waals surface area contributed by atoms with Crippen molar-refractivity contribution in [1.29, 1.82) is 0 Å². The van der Waals surface area contributed by atoms with E-state index in [2.05, 4.69) is 20.1 Å². The number of nitrogens with zero attached hydrogens (tertiary/aromatic N) is 5. The molecule has 0 aliphatic heterocycles. The van der Waals surface area contributed by atoms with Crippen LogP contribution in [0.2, 0.25) is 0 Å². The van der Waals surface area contributed by atoms with Crippen LogP contribution in [-0.4, -0.2) is 24.6 Å². The molecule has 0 amide bonds. The number of fused-ring (bicyclic) bond motifs is 1. The van der Waals surface area contributed by atoms with Gasteiger partial charge >= 0.3 is 0 Å². The Balaban J connectivity index is 2.23. The molecule has 3 aromatic heterocycles. The van der Waals surface area contributed by atoms with Gasteiger partial charge < -0.3 is 0 Å². The Bertz CT molecular complexity index is 707. The van der Waals surface area contributed by atoms with E-state index >= 15 is 0 Å². The van der Waals surface area contributed by atoms with E-state index in [4.69, 9.17) is 0 Å². The lowest BCUT2D eigenvalue weighted by atomic mass is 10.2. The summed E-state index contributed by atoms with van der Waals surface area (Å²) in [5, 5.41) is 4.29. The minimum absolute atomic E-state index is 0.403. The summed E-state index contributed by atoms with van der Waals surface area (Å²) in [7, 11) is 0. The van der Waals surface area contributed by atoms with Crippen molar-refractivity contribution in [3.8, 4) is 11.4 Å². The molecule has 5 nitrogen and oxygen atoms in total. The molecule has 0 radical (unpaired) electrons. The fourth-order valence-electron chi connectivity index (χ4n) is 1.78. The van der Waals surface area contributed by atoms with Crippen LogP contribution >= 0.6 is 0 Å². The normalized spacial score (nSPS) is 11.0. The van der Waals surface area contributed by atoms with Crippen molar-refractivity contribution >= 4 is 5.65 Å². The molecule has 90 valence electrons. The van der Waals surface area contributed by atoms with Crippen molar-refractivity contribution in [1.82, 2.24) is 24.6 Å². The van der Waals surface area contributed by atoms with Gasteiger partial charge in [-0.25, -0.2) is 18.9 Å². The SMILES string of the molecule is CCc1nc(-c2cncc(F)c2)nn2ccnc12. The number of aromatic nitrogens is 5. The number of hydrogen-bond acceptors (Lipinski definition) is 4. The van der Waals surface area contributed by atoms with Gasteiger partial charge in [0.05, 0.1) is 11.9 Å². The molecule has 0 atom stereocenters. The summed E-state index contributed by atoms with van der Waals surface area (Å²) in [6.07, 6.45) is 6.84. The van der Waals surface area contributed by atoms with Gasteiger partial charge in [-0.3, -0.25) is 4.98 Å².